The molecule has 21 heteroatoms. The van der Waals surface area contributed by atoms with Crippen molar-refractivity contribution in [2.45, 2.75) is 155 Å². The van der Waals surface area contributed by atoms with Crippen LogP contribution in [0.5, 0.6) is 0 Å². The Morgan fingerprint density at radius 2 is 0.778 bits per heavy atom. The number of likely N-dealkylation sites (N-methyl/N-ethyl adjacent to an activating group) is 2. The number of imidazole rings is 3. The van der Waals surface area contributed by atoms with E-state index in [1.807, 2.05) is 36.8 Å². The lowest BCUT2D eigenvalue weighted by Crippen LogP contribution is -2.49. The third kappa shape index (κ3) is 14.8. The van der Waals surface area contributed by atoms with Gasteiger partial charge in [-0.15, -0.1) is 0 Å². The van der Waals surface area contributed by atoms with E-state index < -0.39 is 0 Å². The van der Waals surface area contributed by atoms with Crippen LogP contribution in [-0.2, 0) is 11.3 Å². The molecule has 6 saturated heterocycles. The monoisotopic (exact) mass is 1470 g/mol. The van der Waals surface area contributed by atoms with Gasteiger partial charge in [0.2, 0.25) is 0 Å². The lowest BCUT2D eigenvalue weighted by atomic mass is 9.90. The predicted molar refractivity (Wildman–Crippen MR) is 407 cm³/mol. The van der Waals surface area contributed by atoms with Gasteiger partial charge in [0, 0.05) is 110 Å². The number of aromatic nitrogens is 9. The van der Waals surface area contributed by atoms with Gasteiger partial charge in [0.1, 0.15) is 43.6 Å². The first-order chi connectivity index (χ1) is 48.1. The molecule has 9 aromatic heterocycles. The second kappa shape index (κ2) is 31.9. The number of anilines is 3. The predicted octanol–water partition coefficient (Wildman–Crippen LogP) is 14.3. The van der Waals surface area contributed by atoms with Gasteiger partial charge in [0.15, 0.2) is 0 Å². The summed E-state index contributed by atoms with van der Waals surface area (Å²) in [6, 6.07) is 34.5. The molecule has 0 spiro atoms. The summed E-state index contributed by atoms with van der Waals surface area (Å²) in [6.07, 6.45) is 16.0. The molecule has 0 amide bonds. The van der Waals surface area contributed by atoms with Crippen LogP contribution in [0.1, 0.15) is 178 Å². The topological polar surface area (TPSA) is 129 Å². The fourth-order valence-electron chi connectivity index (χ4n) is 16.7. The average Bonchev–Trinajstić information content (AvgIpc) is 1.63. The van der Waals surface area contributed by atoms with Crippen LogP contribution >= 0.6 is 31.9 Å². The Morgan fingerprint density at radius 1 is 0.424 bits per heavy atom. The van der Waals surface area contributed by atoms with Gasteiger partial charge in [-0.05, 0) is 237 Å². The molecule has 19 nitrogen and oxygen atoms in total. The number of rotatable bonds is 14. The highest BCUT2D eigenvalue weighted by Crippen LogP contribution is 2.46. The van der Waals surface area contributed by atoms with Gasteiger partial charge in [-0.2, -0.15) is 0 Å². The summed E-state index contributed by atoms with van der Waals surface area (Å²) in [5.74, 6) is 3.70. The lowest BCUT2D eigenvalue weighted by Gasteiger charge is -2.39. The molecule has 99 heavy (non-hydrogen) atoms. The number of ether oxygens (including phenoxy) is 1. The Kier molecular flexibility index (Phi) is 22.9. The third-order valence-electron chi connectivity index (χ3n) is 22.6. The summed E-state index contributed by atoms with van der Waals surface area (Å²) in [6.45, 7) is 30.6. The molecule has 0 radical (unpaired) electrons. The van der Waals surface area contributed by atoms with Gasteiger partial charge < -0.3 is 29.2 Å². The molecule has 15 heterocycles. The zero-order chi connectivity index (χ0) is 69.0. The number of fused-ring (bicyclic) bond motifs is 3. The van der Waals surface area contributed by atoms with Crippen LogP contribution in [0.4, 0.5) is 17.5 Å². The van der Waals surface area contributed by atoms with Crippen molar-refractivity contribution in [2.75, 3.05) is 135 Å². The number of aryl methyl sites for hydroxylation is 3. The molecule has 6 aliphatic rings. The molecule has 6 fully saturated rings. The van der Waals surface area contributed by atoms with Crippen molar-refractivity contribution in [3.8, 4) is 0 Å². The first-order valence-corrected chi connectivity index (χ1v) is 38.4. The van der Waals surface area contributed by atoms with Gasteiger partial charge >= 0.3 is 0 Å². The van der Waals surface area contributed by atoms with Crippen molar-refractivity contribution in [3.05, 3.63) is 175 Å². The van der Waals surface area contributed by atoms with Crippen LogP contribution in [0, 0.1) is 20.8 Å². The fourth-order valence-corrected chi connectivity index (χ4v) is 18.2. The van der Waals surface area contributed by atoms with E-state index in [1.165, 1.54) is 76.2 Å². The number of piperazine rings is 3. The molecule has 0 saturated carbocycles. The van der Waals surface area contributed by atoms with Crippen molar-refractivity contribution in [3.63, 3.8) is 0 Å². The maximum atomic E-state index is 6.02. The van der Waals surface area contributed by atoms with Crippen molar-refractivity contribution in [2.24, 2.45) is 0 Å². The standard InChI is InChI=1S/C27H38N6O.C26H35BrN6.C25H33BrN6/c1-5-34-19-23-27(22-11-6-10-21(31(22)4)26-20(2)9-8-14-28-26)29-24-12-7-13-25(33(23)24)32-17-15-30(3)16-18-32;1-18(2)31-14-16-32(17-15-31)23-12-6-11-22-29-25(26(27)33(22)23)21-10-5-9-20(30(21)4)24-19(3)8-7-13-28-24;1-4-30-14-16-31(17-15-30)22-12-6-11-21-28-24(25(26)32(21)22)20-10-5-9-19(29(20)3)23-18(2)8-7-13-27-23/h7-9,12-14,21-22H,5-6,10-11,15-19H2,1-4H3;6-8,11-13,18,20-21H,5,9-10,14-17H2,1-4H3;6-8,11-13,19-20H,4-5,9-10,14-17H2,1-3H3. The molecule has 0 aromatic carbocycles. The highest BCUT2D eigenvalue weighted by molar-refractivity contribution is 9.10. The smallest absolute Gasteiger partial charge is 0.139 e. The summed E-state index contributed by atoms with van der Waals surface area (Å²) in [4.78, 5) is 52.3. The van der Waals surface area contributed by atoms with E-state index in [0.717, 1.165) is 167 Å². The molecule has 6 atom stereocenters. The molecule has 0 bridgehead atoms. The number of pyridine rings is 6. The number of piperidine rings is 3. The van der Waals surface area contributed by atoms with Crippen LogP contribution in [0.3, 0.4) is 0 Å². The molecule has 0 aliphatic carbocycles. The number of nitrogens with zero attached hydrogens (tertiary/aromatic N) is 18. The minimum Gasteiger partial charge on any atom is -0.375 e. The van der Waals surface area contributed by atoms with Crippen LogP contribution in [0.15, 0.2) is 119 Å². The maximum Gasteiger partial charge on any atom is 0.139 e. The minimum atomic E-state index is 0.246. The van der Waals surface area contributed by atoms with Crippen molar-refractivity contribution in [1.82, 2.24) is 72.5 Å². The summed E-state index contributed by atoms with van der Waals surface area (Å²) in [5.41, 5.74) is 15.1. The Hall–Kier alpha value is -6.40. The van der Waals surface area contributed by atoms with Crippen molar-refractivity contribution < 1.29 is 4.74 Å². The third-order valence-corrected chi connectivity index (χ3v) is 24.1. The van der Waals surface area contributed by atoms with Crippen molar-refractivity contribution in [1.29, 1.82) is 0 Å². The van der Waals surface area contributed by atoms with Crippen LogP contribution in [0.25, 0.3) is 16.9 Å². The van der Waals surface area contributed by atoms with Crippen LogP contribution in [-0.4, -0.2) is 198 Å². The second-order valence-electron chi connectivity index (χ2n) is 28.7. The molecule has 528 valence electrons. The number of hydrogen-bond donors (Lipinski definition) is 0. The van der Waals surface area contributed by atoms with Gasteiger partial charge in [-0.3, -0.25) is 47.8 Å². The summed E-state index contributed by atoms with van der Waals surface area (Å²) < 4.78 is 15.2. The lowest BCUT2D eigenvalue weighted by molar-refractivity contribution is 0.101. The molecule has 9 aromatic rings. The van der Waals surface area contributed by atoms with Crippen LogP contribution < -0.4 is 14.7 Å². The van der Waals surface area contributed by atoms with E-state index in [-0.39, 0.29) is 18.1 Å². The maximum absolute atomic E-state index is 6.02. The molecular formula is C78H106Br2N18O. The Balaban J connectivity index is 0.000000133. The SMILES string of the molecule is CCN1CCN(c2cccc3nc(C4CCCC(c5ncccc5C)N4C)c(Br)n23)CC1.CCOCc1c(C2CCCC(c3ncccc3C)N2C)nc2cccc(N3CCN(C)CC3)n12.Cc1cccnc1C1CCCC(c2nc3cccc(N4CCN(C(C)C)CC4)n3c2Br)N1C. The Morgan fingerprint density at radius 3 is 1.16 bits per heavy atom. The summed E-state index contributed by atoms with van der Waals surface area (Å²) in [5, 5.41) is 0. The highest BCUT2D eigenvalue weighted by Gasteiger charge is 2.39. The Labute approximate surface area is 604 Å². The molecule has 6 unspecified atom stereocenters. The number of hydrogen-bond acceptors (Lipinski definition) is 16. The van der Waals surface area contributed by atoms with E-state index >= 15 is 0 Å². The molecular weight excluding hydrogens is 1360 g/mol. The number of halogens is 2. The minimum absolute atomic E-state index is 0.246. The quantitative estimate of drug-likeness (QED) is 0.102. The molecule has 0 N–H and O–H groups in total. The van der Waals surface area contributed by atoms with Crippen molar-refractivity contribution >= 4 is 66.3 Å². The molecule has 6 aliphatic heterocycles. The van der Waals surface area contributed by atoms with Gasteiger partial charge in [-0.25, -0.2) is 15.0 Å². The largest absolute Gasteiger partial charge is 0.375 e. The van der Waals surface area contributed by atoms with Gasteiger partial charge in [0.05, 0.1) is 82.7 Å². The van der Waals surface area contributed by atoms with Crippen LogP contribution in [0.2, 0.25) is 0 Å². The number of likely N-dealkylation sites (tertiary alicyclic amines) is 3. The van der Waals surface area contributed by atoms with E-state index in [2.05, 4.69) is 239 Å². The normalized spacial score (nSPS) is 22.9. The summed E-state index contributed by atoms with van der Waals surface area (Å²) in [7, 11) is 8.93. The van der Waals surface area contributed by atoms with E-state index in [1.54, 1.807) is 0 Å². The molecule has 15 rings (SSSR count). The fraction of sp³-hybridized carbons (Fsp3) is 0.538. The Bertz CT molecular complexity index is 4160. The first-order valence-electron chi connectivity index (χ1n) is 36.8. The summed E-state index contributed by atoms with van der Waals surface area (Å²) >= 11 is 7.95. The zero-order valence-electron chi connectivity index (χ0n) is 60.6. The average molecular weight is 1470 g/mol. The van der Waals surface area contributed by atoms with Gasteiger partial charge in [0.25, 0.3) is 0 Å². The second-order valence-corrected chi connectivity index (χ2v) is 30.2. The van der Waals surface area contributed by atoms with E-state index in [4.69, 9.17) is 34.6 Å². The van der Waals surface area contributed by atoms with Gasteiger partial charge in [-0.1, -0.05) is 43.3 Å². The zero-order valence-corrected chi connectivity index (χ0v) is 63.8. The van der Waals surface area contributed by atoms with E-state index in [9.17, 15) is 0 Å². The first kappa shape index (κ1) is 71.0. The highest BCUT2D eigenvalue weighted by atomic mass is 79.9. The van der Waals surface area contributed by atoms with E-state index in [0.29, 0.717) is 37.4 Å².